The molecule has 1 aliphatic rings. The van der Waals surface area contributed by atoms with Crippen LogP contribution in [0, 0.1) is 17.3 Å². The van der Waals surface area contributed by atoms with E-state index in [-0.39, 0.29) is 24.1 Å². The van der Waals surface area contributed by atoms with Crippen molar-refractivity contribution in [2.24, 2.45) is 5.18 Å². The molecular weight excluding hydrogens is 287 g/mol. The van der Waals surface area contributed by atoms with E-state index in [4.69, 9.17) is 6.42 Å². The van der Waals surface area contributed by atoms with Crippen molar-refractivity contribution in [2.75, 3.05) is 13.1 Å². The van der Waals surface area contributed by atoms with Gasteiger partial charge in [0.2, 0.25) is 0 Å². The monoisotopic (exact) mass is 304 g/mol. The zero-order valence-electron chi connectivity index (χ0n) is 11.9. The number of allylic oxidation sites excluding steroid dienone is 1. The summed E-state index contributed by atoms with van der Waals surface area (Å²) in [6.07, 6.45) is 6.28. The lowest BCUT2D eigenvalue weighted by Crippen LogP contribution is -2.28. The Balaban J connectivity index is 2.38. The molecule has 0 aliphatic carbocycles. The first-order valence-electron chi connectivity index (χ1n) is 6.65. The van der Waals surface area contributed by atoms with Crippen LogP contribution in [0.1, 0.15) is 24.5 Å². The predicted molar refractivity (Wildman–Crippen MR) is 84.4 cm³/mol. The molecule has 2 rings (SSSR count). The van der Waals surface area contributed by atoms with E-state index in [9.17, 15) is 8.79 Å². The summed E-state index contributed by atoms with van der Waals surface area (Å²) in [7, 11) is 0. The van der Waals surface area contributed by atoms with Gasteiger partial charge in [-0.2, -0.15) is 8.79 Å². The highest BCUT2D eigenvalue weighted by molar-refractivity contribution is 7.94. The third-order valence-electron chi connectivity index (χ3n) is 4.08. The molecular formula is C16H17FN2OS. The highest BCUT2D eigenvalue weighted by atomic mass is 32.2. The Morgan fingerprint density at radius 1 is 1.67 bits per heavy atom. The van der Waals surface area contributed by atoms with Crippen LogP contribution in [-0.4, -0.2) is 18.0 Å². The molecule has 0 amide bonds. The van der Waals surface area contributed by atoms with E-state index in [0.29, 0.717) is 17.1 Å². The fraction of sp³-hybridized carbons (Fsp3) is 0.375. The number of hydrogen-bond acceptors (Lipinski definition) is 4. The standard InChI is InChI=1S/C16H17FN2OS/c1-4-12(2)19-8-7-16(3,11-19)15-9-14(21-17)6-5-13(15)10-18-20/h1,5-6,9H,2,7-8,10-11H2,3H3. The van der Waals surface area contributed by atoms with Crippen molar-refractivity contribution in [2.45, 2.75) is 30.2 Å². The minimum atomic E-state index is -0.189. The van der Waals surface area contributed by atoms with E-state index in [1.165, 1.54) is 0 Å². The van der Waals surface area contributed by atoms with Crippen LogP contribution < -0.4 is 0 Å². The molecule has 0 spiro atoms. The van der Waals surface area contributed by atoms with Gasteiger partial charge >= 0.3 is 0 Å². The lowest BCUT2D eigenvalue weighted by molar-refractivity contribution is 0.402. The van der Waals surface area contributed by atoms with Crippen LogP contribution in [0.5, 0.6) is 0 Å². The van der Waals surface area contributed by atoms with Crippen molar-refractivity contribution in [1.29, 1.82) is 0 Å². The maximum atomic E-state index is 12.9. The molecule has 1 unspecified atom stereocenters. The second-order valence-corrected chi connectivity index (χ2v) is 6.13. The fourth-order valence-electron chi connectivity index (χ4n) is 2.88. The molecule has 0 aromatic heterocycles. The predicted octanol–water partition coefficient (Wildman–Crippen LogP) is 4.04. The number of halogens is 1. The molecule has 21 heavy (non-hydrogen) atoms. The van der Waals surface area contributed by atoms with Gasteiger partial charge in [-0.25, -0.2) is 0 Å². The molecule has 1 heterocycles. The first-order chi connectivity index (χ1) is 10.0. The lowest BCUT2D eigenvalue weighted by atomic mass is 9.79. The lowest BCUT2D eigenvalue weighted by Gasteiger charge is -2.28. The van der Waals surface area contributed by atoms with Crippen molar-refractivity contribution in [3.8, 4) is 12.3 Å². The summed E-state index contributed by atoms with van der Waals surface area (Å²) in [5.41, 5.74) is 2.28. The number of nitroso groups, excluding NO2 is 1. The average molecular weight is 304 g/mol. The Kier molecular flexibility index (Phi) is 4.69. The van der Waals surface area contributed by atoms with Crippen LogP contribution in [-0.2, 0) is 12.0 Å². The van der Waals surface area contributed by atoms with Crippen LogP contribution in [0.25, 0.3) is 0 Å². The zero-order valence-corrected chi connectivity index (χ0v) is 12.8. The quantitative estimate of drug-likeness (QED) is 0.608. The van der Waals surface area contributed by atoms with Gasteiger partial charge in [0.15, 0.2) is 0 Å². The first-order valence-corrected chi connectivity index (χ1v) is 7.37. The number of likely N-dealkylation sites (tertiary alicyclic amines) is 1. The molecule has 110 valence electrons. The number of nitrogens with zero attached hydrogens (tertiary/aromatic N) is 2. The second-order valence-electron chi connectivity index (χ2n) is 5.51. The molecule has 0 N–H and O–H groups in total. The Morgan fingerprint density at radius 3 is 3.05 bits per heavy atom. The van der Waals surface area contributed by atoms with Crippen LogP contribution in [0.4, 0.5) is 3.89 Å². The van der Waals surface area contributed by atoms with Crippen molar-refractivity contribution in [3.63, 3.8) is 0 Å². The van der Waals surface area contributed by atoms with Gasteiger partial charge in [-0.3, -0.25) is 0 Å². The maximum Gasteiger partial charge on any atom is 0.106 e. The van der Waals surface area contributed by atoms with Crippen molar-refractivity contribution in [3.05, 3.63) is 46.5 Å². The Bertz CT molecular complexity index is 611. The Morgan fingerprint density at radius 2 is 2.43 bits per heavy atom. The van der Waals surface area contributed by atoms with E-state index >= 15 is 0 Å². The highest BCUT2D eigenvalue weighted by Gasteiger charge is 2.37. The SMILES string of the molecule is C#CC(=C)N1CCC(C)(c2cc(SF)ccc2CN=O)C1. The molecule has 5 heteroatoms. The fourth-order valence-corrected chi connectivity index (χ4v) is 3.16. The van der Waals surface area contributed by atoms with Gasteiger partial charge in [-0.05, 0) is 29.7 Å². The third kappa shape index (κ3) is 3.11. The van der Waals surface area contributed by atoms with Gasteiger partial charge in [0.1, 0.15) is 6.54 Å². The van der Waals surface area contributed by atoms with E-state index in [1.807, 2.05) is 11.0 Å². The van der Waals surface area contributed by atoms with E-state index in [2.05, 4.69) is 24.6 Å². The normalized spacial score (nSPS) is 21.1. The van der Waals surface area contributed by atoms with Crippen molar-refractivity contribution >= 4 is 12.1 Å². The van der Waals surface area contributed by atoms with Crippen molar-refractivity contribution < 1.29 is 3.89 Å². The molecule has 1 atom stereocenters. The average Bonchev–Trinajstić information content (AvgIpc) is 2.90. The molecule has 0 saturated carbocycles. The second kappa shape index (κ2) is 6.31. The molecule has 0 bridgehead atoms. The maximum absolute atomic E-state index is 12.9. The molecule has 1 aromatic rings. The molecule has 1 aliphatic heterocycles. The number of rotatable bonds is 5. The van der Waals surface area contributed by atoms with Gasteiger partial charge < -0.3 is 4.90 Å². The molecule has 0 radical (unpaired) electrons. The molecule has 1 aromatic carbocycles. The summed E-state index contributed by atoms with van der Waals surface area (Å²) < 4.78 is 12.9. The van der Waals surface area contributed by atoms with Gasteiger partial charge in [0.25, 0.3) is 0 Å². The zero-order chi connectivity index (χ0) is 15.5. The van der Waals surface area contributed by atoms with E-state index in [1.54, 1.807) is 12.1 Å². The summed E-state index contributed by atoms with van der Waals surface area (Å²) in [5.74, 6) is 2.56. The number of benzene rings is 1. The molecule has 3 nitrogen and oxygen atoms in total. The summed E-state index contributed by atoms with van der Waals surface area (Å²) in [5, 5.41) is 2.98. The topological polar surface area (TPSA) is 32.7 Å². The summed E-state index contributed by atoms with van der Waals surface area (Å²) in [6.45, 7) is 7.58. The third-order valence-corrected chi connectivity index (χ3v) is 4.51. The van der Waals surface area contributed by atoms with Gasteiger partial charge in [0.05, 0.1) is 17.8 Å². The number of terminal acetylenes is 1. The summed E-state index contributed by atoms with van der Waals surface area (Å²) >= 11 is 0.207. The van der Waals surface area contributed by atoms with Crippen LogP contribution in [0.2, 0.25) is 0 Å². The summed E-state index contributed by atoms with van der Waals surface area (Å²) in [4.78, 5) is 13.2. The highest BCUT2D eigenvalue weighted by Crippen LogP contribution is 2.39. The molecule has 1 fully saturated rings. The van der Waals surface area contributed by atoms with E-state index in [0.717, 1.165) is 24.1 Å². The van der Waals surface area contributed by atoms with Crippen LogP contribution in [0.15, 0.2) is 40.5 Å². The smallest absolute Gasteiger partial charge is 0.106 e. The van der Waals surface area contributed by atoms with Gasteiger partial charge in [0, 0.05) is 23.4 Å². The minimum Gasteiger partial charge on any atom is -0.364 e. The molecule has 1 saturated heterocycles. The van der Waals surface area contributed by atoms with Crippen LogP contribution >= 0.6 is 12.1 Å². The van der Waals surface area contributed by atoms with E-state index < -0.39 is 0 Å². The number of hydrogen-bond donors (Lipinski definition) is 0. The van der Waals surface area contributed by atoms with Gasteiger partial charge in [-0.15, -0.1) is 6.42 Å². The Labute approximate surface area is 128 Å². The minimum absolute atomic E-state index is 0.0955. The summed E-state index contributed by atoms with van der Waals surface area (Å²) in [6, 6.07) is 5.26. The van der Waals surface area contributed by atoms with Gasteiger partial charge in [-0.1, -0.05) is 30.7 Å². The van der Waals surface area contributed by atoms with Crippen LogP contribution in [0.3, 0.4) is 0 Å². The Hall–Kier alpha value is -1.80. The first kappa shape index (κ1) is 15.6. The van der Waals surface area contributed by atoms with Crippen molar-refractivity contribution in [1.82, 2.24) is 4.90 Å². The largest absolute Gasteiger partial charge is 0.364 e.